The number of hydrogen-bond acceptors (Lipinski definition) is 2. The highest BCUT2D eigenvalue weighted by atomic mass is 16.5. The number of fused-ring (bicyclic) bond motifs is 1. The van der Waals surface area contributed by atoms with E-state index in [0.717, 1.165) is 26.1 Å². The van der Waals surface area contributed by atoms with Crippen molar-refractivity contribution in [3.63, 3.8) is 0 Å². The predicted molar refractivity (Wildman–Crippen MR) is 59.9 cm³/mol. The number of ether oxygens (including phenoxy) is 1. The Kier molecular flexibility index (Phi) is 2.26. The molecule has 1 aromatic carbocycles. The summed E-state index contributed by atoms with van der Waals surface area (Å²) in [6.45, 7) is 5.26. The molecule has 3 rings (SSSR count). The van der Waals surface area contributed by atoms with Gasteiger partial charge in [0, 0.05) is 19.0 Å². The Balaban J connectivity index is 1.96. The Hall–Kier alpha value is -0.860. The van der Waals surface area contributed by atoms with Crippen LogP contribution in [0.1, 0.15) is 22.8 Å². The van der Waals surface area contributed by atoms with E-state index < -0.39 is 0 Å². The Morgan fingerprint density at radius 3 is 2.93 bits per heavy atom. The number of nitrogens with one attached hydrogen (secondary N) is 1. The third-order valence-corrected chi connectivity index (χ3v) is 3.52. The molecule has 15 heavy (non-hydrogen) atoms. The summed E-state index contributed by atoms with van der Waals surface area (Å²) in [6.07, 6.45) is 1.42. The Morgan fingerprint density at radius 1 is 1.33 bits per heavy atom. The molecule has 2 heteroatoms. The van der Waals surface area contributed by atoms with Crippen molar-refractivity contribution < 1.29 is 4.74 Å². The minimum absolute atomic E-state index is 0.342. The normalized spacial score (nSPS) is 25.8. The molecule has 2 heterocycles. The molecule has 0 unspecified atom stereocenters. The first-order valence-corrected chi connectivity index (χ1v) is 5.76. The van der Waals surface area contributed by atoms with Crippen LogP contribution in [-0.2, 0) is 11.2 Å². The van der Waals surface area contributed by atoms with Crippen molar-refractivity contribution in [2.45, 2.75) is 19.4 Å². The van der Waals surface area contributed by atoms with E-state index in [1.807, 2.05) is 0 Å². The van der Waals surface area contributed by atoms with Crippen LogP contribution in [0.25, 0.3) is 0 Å². The zero-order valence-corrected chi connectivity index (χ0v) is 9.12. The van der Waals surface area contributed by atoms with Crippen LogP contribution < -0.4 is 5.32 Å². The van der Waals surface area contributed by atoms with Gasteiger partial charge in [-0.25, -0.2) is 0 Å². The van der Waals surface area contributed by atoms with Crippen LogP contribution in [0.15, 0.2) is 18.2 Å². The van der Waals surface area contributed by atoms with Gasteiger partial charge in [-0.3, -0.25) is 0 Å². The molecule has 2 nitrogen and oxygen atoms in total. The highest BCUT2D eigenvalue weighted by molar-refractivity contribution is 5.35. The Labute approximate surface area is 90.6 Å². The van der Waals surface area contributed by atoms with E-state index in [1.54, 1.807) is 0 Å². The van der Waals surface area contributed by atoms with Crippen LogP contribution in [0, 0.1) is 12.8 Å². The lowest BCUT2D eigenvalue weighted by molar-refractivity contribution is -0.0151. The fraction of sp³-hybridized carbons (Fsp3) is 0.538. The second-order valence-electron chi connectivity index (χ2n) is 4.66. The zero-order valence-electron chi connectivity index (χ0n) is 9.12. The summed E-state index contributed by atoms with van der Waals surface area (Å²) in [5.74, 6) is 0.686. The van der Waals surface area contributed by atoms with Crippen molar-refractivity contribution in [1.29, 1.82) is 0 Å². The van der Waals surface area contributed by atoms with Gasteiger partial charge in [-0.15, -0.1) is 0 Å². The van der Waals surface area contributed by atoms with Crippen molar-refractivity contribution in [3.05, 3.63) is 34.9 Å². The van der Waals surface area contributed by atoms with Crippen LogP contribution in [0.3, 0.4) is 0 Å². The summed E-state index contributed by atoms with van der Waals surface area (Å²) in [5.41, 5.74) is 4.27. The van der Waals surface area contributed by atoms with Crippen molar-refractivity contribution >= 4 is 0 Å². The molecule has 1 saturated heterocycles. The molecule has 2 aliphatic heterocycles. The van der Waals surface area contributed by atoms with Gasteiger partial charge in [0.15, 0.2) is 0 Å². The summed E-state index contributed by atoms with van der Waals surface area (Å²) < 4.78 is 5.92. The first-order valence-electron chi connectivity index (χ1n) is 5.76. The average molecular weight is 203 g/mol. The van der Waals surface area contributed by atoms with Crippen LogP contribution in [0.5, 0.6) is 0 Å². The molecule has 2 aliphatic rings. The molecule has 0 aliphatic carbocycles. The highest BCUT2D eigenvalue weighted by Gasteiger charge is 2.32. The lowest BCUT2D eigenvalue weighted by atomic mass is 9.85. The van der Waals surface area contributed by atoms with E-state index in [2.05, 4.69) is 30.4 Å². The summed E-state index contributed by atoms with van der Waals surface area (Å²) in [5, 5.41) is 3.32. The monoisotopic (exact) mass is 203 g/mol. The van der Waals surface area contributed by atoms with Crippen molar-refractivity contribution in [3.8, 4) is 0 Å². The first-order chi connectivity index (χ1) is 7.34. The van der Waals surface area contributed by atoms with Crippen LogP contribution >= 0.6 is 0 Å². The maximum Gasteiger partial charge on any atom is 0.0880 e. The predicted octanol–water partition coefficient (Wildman–Crippen LogP) is 1.83. The van der Waals surface area contributed by atoms with Gasteiger partial charge in [-0.2, -0.15) is 0 Å². The van der Waals surface area contributed by atoms with E-state index in [4.69, 9.17) is 4.74 Å². The van der Waals surface area contributed by atoms with Crippen LogP contribution in [0.2, 0.25) is 0 Å². The van der Waals surface area contributed by atoms with Gasteiger partial charge in [-0.05, 0) is 24.5 Å². The molecule has 0 spiro atoms. The van der Waals surface area contributed by atoms with Crippen LogP contribution in [-0.4, -0.2) is 19.7 Å². The number of rotatable bonds is 1. The fourth-order valence-corrected chi connectivity index (χ4v) is 2.51. The minimum atomic E-state index is 0.342. The Bertz CT molecular complexity index is 371. The quantitative estimate of drug-likeness (QED) is 0.752. The largest absolute Gasteiger partial charge is 0.373 e. The smallest absolute Gasteiger partial charge is 0.0880 e. The van der Waals surface area contributed by atoms with E-state index >= 15 is 0 Å². The molecule has 1 fully saturated rings. The van der Waals surface area contributed by atoms with E-state index in [1.165, 1.54) is 16.7 Å². The van der Waals surface area contributed by atoms with Gasteiger partial charge in [0.2, 0.25) is 0 Å². The zero-order chi connectivity index (χ0) is 10.3. The highest BCUT2D eigenvalue weighted by Crippen LogP contribution is 2.35. The average Bonchev–Trinajstić information content (AvgIpc) is 2.16. The molecule has 1 N–H and O–H groups in total. The first kappa shape index (κ1) is 9.37. The second-order valence-corrected chi connectivity index (χ2v) is 4.66. The van der Waals surface area contributed by atoms with Gasteiger partial charge in [-0.1, -0.05) is 23.8 Å². The van der Waals surface area contributed by atoms with E-state index in [0.29, 0.717) is 12.0 Å². The van der Waals surface area contributed by atoms with Gasteiger partial charge in [0.05, 0.1) is 12.7 Å². The third-order valence-electron chi connectivity index (χ3n) is 3.52. The maximum absolute atomic E-state index is 5.92. The molecule has 0 bridgehead atoms. The van der Waals surface area contributed by atoms with Crippen molar-refractivity contribution in [1.82, 2.24) is 5.32 Å². The molecule has 0 aromatic heterocycles. The molecule has 0 saturated carbocycles. The lowest BCUT2D eigenvalue weighted by Crippen LogP contribution is -2.46. The Morgan fingerprint density at radius 2 is 2.20 bits per heavy atom. The topological polar surface area (TPSA) is 21.3 Å². The molecule has 80 valence electrons. The summed E-state index contributed by atoms with van der Waals surface area (Å²) >= 11 is 0. The minimum Gasteiger partial charge on any atom is -0.373 e. The molecule has 0 radical (unpaired) electrons. The van der Waals surface area contributed by atoms with Gasteiger partial charge < -0.3 is 10.1 Å². The molecule has 0 amide bonds. The van der Waals surface area contributed by atoms with Crippen molar-refractivity contribution in [2.75, 3.05) is 19.7 Å². The number of benzene rings is 1. The SMILES string of the molecule is Cc1ccc2c(c1)[C@@H](C1CNC1)OCC2. The van der Waals surface area contributed by atoms with Crippen LogP contribution in [0.4, 0.5) is 0 Å². The second kappa shape index (κ2) is 3.62. The van der Waals surface area contributed by atoms with Gasteiger partial charge in [0.25, 0.3) is 0 Å². The number of hydrogen-bond donors (Lipinski definition) is 1. The van der Waals surface area contributed by atoms with Gasteiger partial charge in [0.1, 0.15) is 0 Å². The fourth-order valence-electron chi connectivity index (χ4n) is 2.51. The summed E-state index contributed by atoms with van der Waals surface area (Å²) in [7, 11) is 0. The third kappa shape index (κ3) is 1.58. The number of aryl methyl sites for hydroxylation is 1. The molecule has 1 atom stereocenters. The van der Waals surface area contributed by atoms with E-state index in [9.17, 15) is 0 Å². The van der Waals surface area contributed by atoms with Crippen molar-refractivity contribution in [2.24, 2.45) is 5.92 Å². The van der Waals surface area contributed by atoms with Gasteiger partial charge >= 0.3 is 0 Å². The maximum atomic E-state index is 5.92. The molecular weight excluding hydrogens is 186 g/mol. The lowest BCUT2D eigenvalue weighted by Gasteiger charge is -2.38. The summed E-state index contributed by atoms with van der Waals surface area (Å²) in [6, 6.07) is 6.78. The molecular formula is C13H17NO. The standard InChI is InChI=1S/C13H17NO/c1-9-2-3-10-4-5-15-13(12(10)6-9)11-7-14-8-11/h2-3,6,11,13-14H,4-5,7-8H2,1H3/t13-/m1/s1. The summed E-state index contributed by atoms with van der Waals surface area (Å²) in [4.78, 5) is 0. The molecule has 1 aromatic rings. The van der Waals surface area contributed by atoms with E-state index in [-0.39, 0.29) is 0 Å².